The molecule has 2 heterocycles. The molecule has 2 aromatic rings. The summed E-state index contributed by atoms with van der Waals surface area (Å²) in [5.74, 6) is 0. The van der Waals surface area contributed by atoms with Gasteiger partial charge in [-0.15, -0.1) is 0 Å². The highest BCUT2D eigenvalue weighted by molar-refractivity contribution is 7.71. The molecule has 1 aliphatic heterocycles. The number of hydrogen-bond donors (Lipinski definition) is 2. The molecule has 0 saturated carbocycles. The zero-order valence-electron chi connectivity index (χ0n) is 9.64. The molecule has 100 valence electrons. The van der Waals surface area contributed by atoms with Crippen LogP contribution in [-0.2, 0) is 4.74 Å². The molecule has 0 radical (unpaired) electrons. The fourth-order valence-electron chi connectivity index (χ4n) is 2.11. The summed E-state index contributed by atoms with van der Waals surface area (Å²) < 4.78 is 7.97. The van der Waals surface area contributed by atoms with Crippen LogP contribution in [0, 0.1) is 4.77 Å². The third kappa shape index (κ3) is 2.22. The third-order valence-electron chi connectivity index (χ3n) is 3.00. The molecule has 7 heteroatoms. The van der Waals surface area contributed by atoms with Crippen LogP contribution in [0.5, 0.6) is 0 Å². The number of halogens is 2. The first-order chi connectivity index (χ1) is 9.10. The average molecular weight is 317 g/mol. The summed E-state index contributed by atoms with van der Waals surface area (Å²) in [6, 6.07) is 3.47. The minimum Gasteiger partial charge on any atom is -0.393 e. The molecule has 1 aliphatic rings. The fourth-order valence-corrected chi connectivity index (χ4v) is 2.75. The highest BCUT2D eigenvalue weighted by Gasteiger charge is 2.22. The molecule has 0 bridgehead atoms. The lowest BCUT2D eigenvalue weighted by Gasteiger charge is -2.14. The second-order valence-corrected chi connectivity index (χ2v) is 5.42. The van der Waals surface area contributed by atoms with Crippen molar-refractivity contribution in [1.82, 2.24) is 9.55 Å². The summed E-state index contributed by atoms with van der Waals surface area (Å²) in [5.41, 5.74) is 1.61. The smallest absolute Gasteiger partial charge is 0.180 e. The summed E-state index contributed by atoms with van der Waals surface area (Å²) in [5, 5.41) is 10.0. The van der Waals surface area contributed by atoms with Gasteiger partial charge in [-0.05, 0) is 30.4 Å². The minimum absolute atomic E-state index is 0.0603. The lowest BCUT2D eigenvalue weighted by molar-refractivity contribution is -0.00674. The molecule has 2 atom stereocenters. The minimum atomic E-state index is -0.351. The Labute approximate surface area is 124 Å². The predicted octanol–water partition coefficient (Wildman–Crippen LogP) is 3.45. The number of nitrogens with one attached hydrogen (secondary N) is 1. The van der Waals surface area contributed by atoms with Gasteiger partial charge >= 0.3 is 0 Å². The molecule has 0 spiro atoms. The van der Waals surface area contributed by atoms with Crippen molar-refractivity contribution in [3.8, 4) is 0 Å². The van der Waals surface area contributed by atoms with Crippen LogP contribution in [0.25, 0.3) is 11.0 Å². The van der Waals surface area contributed by atoms with E-state index in [0.717, 1.165) is 11.0 Å². The first-order valence-corrected chi connectivity index (χ1v) is 6.80. The van der Waals surface area contributed by atoms with Gasteiger partial charge in [-0.2, -0.15) is 0 Å². The number of benzene rings is 1. The lowest BCUT2D eigenvalue weighted by atomic mass is 10.3. The van der Waals surface area contributed by atoms with Crippen molar-refractivity contribution in [2.24, 2.45) is 0 Å². The largest absolute Gasteiger partial charge is 0.393 e. The molecule has 19 heavy (non-hydrogen) atoms. The van der Waals surface area contributed by atoms with E-state index in [1.54, 1.807) is 16.7 Å². The standard InChI is InChI=1S/C12H10Cl2N2O2S/c13-7-3-9-10(4-8(7)14)16(12(19)15-9)11-2-1-6(5-17)18-11/h1-4,6,11,17H,5H2,(H,15,19)/t6-,11+/m0/s1. The van der Waals surface area contributed by atoms with Gasteiger partial charge in [-0.25, -0.2) is 0 Å². The van der Waals surface area contributed by atoms with Gasteiger partial charge in [0.2, 0.25) is 0 Å². The van der Waals surface area contributed by atoms with Crippen LogP contribution >= 0.6 is 35.4 Å². The quantitative estimate of drug-likeness (QED) is 0.659. The van der Waals surface area contributed by atoms with E-state index in [-0.39, 0.29) is 18.9 Å². The molecule has 0 unspecified atom stereocenters. The van der Waals surface area contributed by atoms with Gasteiger partial charge in [-0.1, -0.05) is 29.3 Å². The van der Waals surface area contributed by atoms with E-state index < -0.39 is 0 Å². The Morgan fingerprint density at radius 1 is 1.32 bits per heavy atom. The van der Waals surface area contributed by atoms with Crippen molar-refractivity contribution < 1.29 is 9.84 Å². The zero-order chi connectivity index (χ0) is 13.6. The molecule has 3 rings (SSSR count). The van der Waals surface area contributed by atoms with E-state index in [1.807, 2.05) is 12.2 Å². The summed E-state index contributed by atoms with van der Waals surface area (Å²) in [4.78, 5) is 3.06. The zero-order valence-corrected chi connectivity index (χ0v) is 12.0. The highest BCUT2D eigenvalue weighted by Crippen LogP contribution is 2.31. The van der Waals surface area contributed by atoms with Gasteiger partial charge in [0.15, 0.2) is 11.0 Å². The third-order valence-corrected chi connectivity index (χ3v) is 4.02. The van der Waals surface area contributed by atoms with Gasteiger partial charge in [0, 0.05) is 0 Å². The topological polar surface area (TPSA) is 50.2 Å². The number of ether oxygens (including phenoxy) is 1. The fraction of sp³-hybridized carbons (Fsp3) is 0.250. The van der Waals surface area contributed by atoms with E-state index in [9.17, 15) is 0 Å². The maximum absolute atomic E-state index is 9.09. The summed E-state index contributed by atoms with van der Waals surface area (Å²) in [7, 11) is 0. The van der Waals surface area contributed by atoms with E-state index in [2.05, 4.69) is 4.98 Å². The van der Waals surface area contributed by atoms with E-state index in [4.69, 9.17) is 45.3 Å². The predicted molar refractivity (Wildman–Crippen MR) is 77.3 cm³/mol. The lowest BCUT2D eigenvalue weighted by Crippen LogP contribution is -2.15. The Bertz CT molecular complexity index is 722. The molecule has 1 aromatic carbocycles. The van der Waals surface area contributed by atoms with Crippen LogP contribution < -0.4 is 0 Å². The summed E-state index contributed by atoms with van der Waals surface area (Å²) in [6.45, 7) is -0.0603. The number of imidazole rings is 1. The Hall–Kier alpha value is -0.850. The molecule has 0 fully saturated rings. The van der Waals surface area contributed by atoms with Crippen LogP contribution in [0.2, 0.25) is 10.0 Å². The Morgan fingerprint density at radius 3 is 2.74 bits per heavy atom. The van der Waals surface area contributed by atoms with Gasteiger partial charge < -0.3 is 14.8 Å². The van der Waals surface area contributed by atoms with Crippen LogP contribution in [0.15, 0.2) is 24.3 Å². The van der Waals surface area contributed by atoms with Gasteiger partial charge in [-0.3, -0.25) is 4.57 Å². The number of aliphatic hydroxyl groups excluding tert-OH is 1. The monoisotopic (exact) mass is 316 g/mol. The van der Waals surface area contributed by atoms with Crippen LogP contribution in [-0.4, -0.2) is 27.4 Å². The number of aromatic nitrogens is 2. The maximum atomic E-state index is 9.09. The van der Waals surface area contributed by atoms with Crippen molar-refractivity contribution in [3.63, 3.8) is 0 Å². The van der Waals surface area contributed by atoms with Crippen molar-refractivity contribution in [2.75, 3.05) is 6.61 Å². The Kier molecular flexibility index (Phi) is 3.41. The molecular formula is C12H10Cl2N2O2S. The summed E-state index contributed by atoms with van der Waals surface area (Å²) in [6.07, 6.45) is 3.00. The second kappa shape index (κ2) is 4.92. The van der Waals surface area contributed by atoms with Crippen LogP contribution in [0.1, 0.15) is 6.23 Å². The molecule has 0 saturated heterocycles. The Balaban J connectivity index is 2.14. The van der Waals surface area contributed by atoms with E-state index in [1.165, 1.54) is 0 Å². The number of aliphatic hydroxyl groups is 1. The van der Waals surface area contributed by atoms with Crippen molar-refractivity contribution in [2.45, 2.75) is 12.3 Å². The molecule has 2 N–H and O–H groups in total. The van der Waals surface area contributed by atoms with E-state index >= 15 is 0 Å². The summed E-state index contributed by atoms with van der Waals surface area (Å²) >= 11 is 17.3. The van der Waals surface area contributed by atoms with E-state index in [0.29, 0.717) is 14.8 Å². The van der Waals surface area contributed by atoms with Crippen molar-refractivity contribution in [3.05, 3.63) is 39.1 Å². The number of aromatic amines is 1. The number of hydrogen-bond acceptors (Lipinski definition) is 3. The van der Waals surface area contributed by atoms with Crippen molar-refractivity contribution >= 4 is 46.5 Å². The number of fused-ring (bicyclic) bond motifs is 1. The van der Waals surface area contributed by atoms with Gasteiger partial charge in [0.1, 0.15) is 6.10 Å². The molecular weight excluding hydrogens is 307 g/mol. The maximum Gasteiger partial charge on any atom is 0.180 e. The van der Waals surface area contributed by atoms with Crippen molar-refractivity contribution in [1.29, 1.82) is 0 Å². The number of rotatable bonds is 2. The number of nitrogens with zero attached hydrogens (tertiary/aromatic N) is 1. The van der Waals surface area contributed by atoms with Crippen LogP contribution in [0.3, 0.4) is 0 Å². The SMILES string of the molecule is OC[C@@H]1C=C[C@H](n2c(=S)[nH]c3cc(Cl)c(Cl)cc32)O1. The molecule has 0 aliphatic carbocycles. The molecule has 1 aromatic heterocycles. The second-order valence-electron chi connectivity index (χ2n) is 4.22. The average Bonchev–Trinajstić information content (AvgIpc) is 2.94. The normalized spacial score (nSPS) is 22.5. The number of H-pyrrole nitrogens is 1. The van der Waals surface area contributed by atoms with Gasteiger partial charge in [0.05, 0.1) is 27.7 Å². The first-order valence-electron chi connectivity index (χ1n) is 5.64. The molecule has 0 amide bonds. The first kappa shape index (κ1) is 13.1. The van der Waals surface area contributed by atoms with Crippen LogP contribution in [0.4, 0.5) is 0 Å². The van der Waals surface area contributed by atoms with Gasteiger partial charge in [0.25, 0.3) is 0 Å². The Morgan fingerprint density at radius 2 is 2.05 bits per heavy atom. The molecule has 4 nitrogen and oxygen atoms in total. The highest BCUT2D eigenvalue weighted by atomic mass is 35.5.